The molecule has 3 heterocycles. The Morgan fingerprint density at radius 2 is 1.73 bits per heavy atom. The third-order valence-corrected chi connectivity index (χ3v) is 4.48. The third-order valence-electron chi connectivity index (χ3n) is 4.48. The maximum Gasteiger partial charge on any atom is 0.331 e. The Kier molecular flexibility index (Phi) is 4.02. The highest BCUT2D eigenvalue weighted by Crippen LogP contribution is 2.30. The van der Waals surface area contributed by atoms with E-state index in [1.165, 1.54) is 4.68 Å². The fourth-order valence-electron chi connectivity index (χ4n) is 3.09. The van der Waals surface area contributed by atoms with Crippen molar-refractivity contribution in [3.8, 4) is 0 Å². The third kappa shape index (κ3) is 2.54. The van der Waals surface area contributed by atoms with Crippen LogP contribution < -0.4 is 0 Å². The topological polar surface area (TPSA) is 87.9 Å². The Morgan fingerprint density at radius 1 is 1.09 bits per heavy atom. The highest BCUT2D eigenvalue weighted by molar-refractivity contribution is 5.78. The first-order valence-electron chi connectivity index (χ1n) is 7.49. The summed E-state index contributed by atoms with van der Waals surface area (Å²) in [6, 6.07) is 1.69. The molecule has 2 aliphatic heterocycles. The first-order valence-corrected chi connectivity index (χ1v) is 7.49. The summed E-state index contributed by atoms with van der Waals surface area (Å²) in [5.74, 6) is -0.894. The summed E-state index contributed by atoms with van der Waals surface area (Å²) >= 11 is 0. The van der Waals surface area contributed by atoms with Gasteiger partial charge in [-0.15, -0.1) is 0 Å². The molecule has 2 saturated heterocycles. The van der Waals surface area contributed by atoms with E-state index in [1.807, 2.05) is 0 Å². The van der Waals surface area contributed by atoms with Gasteiger partial charge < -0.3 is 19.6 Å². The van der Waals surface area contributed by atoms with Gasteiger partial charge in [0.05, 0.1) is 13.2 Å². The molecule has 1 N–H and O–H groups in total. The van der Waals surface area contributed by atoms with Gasteiger partial charge in [0.15, 0.2) is 5.54 Å². The Bertz CT molecular complexity index is 531. The Balaban J connectivity index is 1.68. The average molecular weight is 308 g/mol. The largest absolute Gasteiger partial charge is 0.479 e. The number of urea groups is 1. The van der Waals surface area contributed by atoms with E-state index < -0.39 is 11.5 Å². The number of rotatable bonds is 2. The molecule has 0 saturated carbocycles. The second-order valence-corrected chi connectivity index (χ2v) is 5.66. The number of carbonyl (C=O) groups excluding carboxylic acids is 1. The number of aromatic nitrogens is 2. The standard InChI is InChI=1S/C14H20N4O4/c19-12(20)14(18-5-1-4-15-18)2-6-16(7-3-14)13(21)17-8-10-22-11-9-17/h1,4-5H,2-3,6-11H2,(H,19,20). The number of carbonyl (C=O) groups is 2. The van der Waals surface area contributed by atoms with Crippen molar-refractivity contribution in [1.82, 2.24) is 19.6 Å². The molecule has 0 spiro atoms. The predicted octanol–water partition coefficient (Wildman–Crippen LogP) is 0.211. The summed E-state index contributed by atoms with van der Waals surface area (Å²) in [4.78, 5) is 27.7. The molecule has 2 aliphatic rings. The molecule has 0 aliphatic carbocycles. The fraction of sp³-hybridized carbons (Fsp3) is 0.643. The minimum absolute atomic E-state index is 0.0252. The first-order chi connectivity index (χ1) is 10.6. The minimum Gasteiger partial charge on any atom is -0.479 e. The molecule has 0 aromatic carbocycles. The molecule has 1 aromatic heterocycles. The van der Waals surface area contributed by atoms with Gasteiger partial charge in [0.1, 0.15) is 0 Å². The van der Waals surface area contributed by atoms with Crippen LogP contribution in [0.15, 0.2) is 18.5 Å². The fourth-order valence-corrected chi connectivity index (χ4v) is 3.09. The van der Waals surface area contributed by atoms with E-state index in [9.17, 15) is 14.7 Å². The number of aliphatic carboxylic acids is 1. The summed E-state index contributed by atoms with van der Waals surface area (Å²) < 4.78 is 6.75. The summed E-state index contributed by atoms with van der Waals surface area (Å²) in [5, 5.41) is 13.7. The molecule has 22 heavy (non-hydrogen) atoms. The number of ether oxygens (including phenoxy) is 1. The van der Waals surface area contributed by atoms with Crippen LogP contribution >= 0.6 is 0 Å². The van der Waals surface area contributed by atoms with Gasteiger partial charge in [-0.2, -0.15) is 5.10 Å². The van der Waals surface area contributed by atoms with Gasteiger partial charge in [-0.25, -0.2) is 9.59 Å². The van der Waals surface area contributed by atoms with Crippen molar-refractivity contribution in [3.63, 3.8) is 0 Å². The molecule has 0 bridgehead atoms. The van der Waals surface area contributed by atoms with E-state index in [0.29, 0.717) is 52.2 Å². The van der Waals surface area contributed by atoms with Crippen molar-refractivity contribution in [2.75, 3.05) is 39.4 Å². The second kappa shape index (κ2) is 5.96. The van der Waals surface area contributed by atoms with E-state index in [2.05, 4.69) is 5.10 Å². The average Bonchev–Trinajstić information content (AvgIpc) is 3.10. The molecular weight excluding hydrogens is 288 g/mol. The van der Waals surface area contributed by atoms with Gasteiger partial charge >= 0.3 is 12.0 Å². The molecule has 3 rings (SSSR count). The van der Waals surface area contributed by atoms with Crippen LogP contribution in [0.1, 0.15) is 12.8 Å². The SMILES string of the molecule is O=C(N1CCOCC1)N1CCC(C(=O)O)(n2cccn2)CC1. The van der Waals surface area contributed by atoms with Crippen LogP contribution in [0.4, 0.5) is 4.79 Å². The number of carboxylic acid groups (broad SMARTS) is 1. The lowest BCUT2D eigenvalue weighted by atomic mass is 9.87. The number of nitrogens with zero attached hydrogens (tertiary/aromatic N) is 4. The first kappa shape index (κ1) is 14.8. The second-order valence-electron chi connectivity index (χ2n) is 5.66. The summed E-state index contributed by atoms with van der Waals surface area (Å²) in [6.07, 6.45) is 3.98. The monoisotopic (exact) mass is 308 g/mol. The Morgan fingerprint density at radius 3 is 2.27 bits per heavy atom. The lowest BCUT2D eigenvalue weighted by Crippen LogP contribution is -2.56. The molecule has 120 valence electrons. The highest BCUT2D eigenvalue weighted by Gasteiger charge is 2.45. The van der Waals surface area contributed by atoms with E-state index in [-0.39, 0.29) is 6.03 Å². The molecule has 8 heteroatoms. The van der Waals surface area contributed by atoms with Gasteiger partial charge in [-0.3, -0.25) is 4.68 Å². The van der Waals surface area contributed by atoms with Crippen molar-refractivity contribution < 1.29 is 19.4 Å². The molecule has 2 fully saturated rings. The number of hydrogen-bond acceptors (Lipinski definition) is 4. The zero-order chi connectivity index (χ0) is 15.6. The molecule has 8 nitrogen and oxygen atoms in total. The molecule has 2 amide bonds. The van der Waals surface area contributed by atoms with Gasteiger partial charge in [0.25, 0.3) is 0 Å². The van der Waals surface area contributed by atoms with Crippen LogP contribution in [-0.2, 0) is 15.1 Å². The van der Waals surface area contributed by atoms with Crippen LogP contribution in [0.2, 0.25) is 0 Å². The Labute approximate surface area is 128 Å². The van der Waals surface area contributed by atoms with Gasteiger partial charge in [-0.1, -0.05) is 0 Å². The van der Waals surface area contributed by atoms with Gasteiger partial charge in [-0.05, 0) is 6.07 Å². The summed E-state index contributed by atoms with van der Waals surface area (Å²) in [5.41, 5.74) is -1.05. The van der Waals surface area contributed by atoms with Crippen LogP contribution in [0.3, 0.4) is 0 Å². The molecule has 1 aromatic rings. The summed E-state index contributed by atoms with van der Waals surface area (Å²) in [7, 11) is 0. The van der Waals surface area contributed by atoms with Crippen molar-refractivity contribution >= 4 is 12.0 Å². The maximum absolute atomic E-state index is 12.4. The number of hydrogen-bond donors (Lipinski definition) is 1. The van der Waals surface area contributed by atoms with E-state index in [1.54, 1.807) is 28.3 Å². The minimum atomic E-state index is -1.05. The molecule has 0 radical (unpaired) electrons. The van der Waals surface area contributed by atoms with Crippen LogP contribution in [0.5, 0.6) is 0 Å². The number of carboxylic acids is 1. The number of morpholine rings is 1. The van der Waals surface area contributed by atoms with Crippen LogP contribution in [0.25, 0.3) is 0 Å². The normalized spacial score (nSPS) is 21.6. The van der Waals surface area contributed by atoms with Crippen molar-refractivity contribution in [1.29, 1.82) is 0 Å². The molecule has 0 atom stereocenters. The smallest absolute Gasteiger partial charge is 0.331 e. The van der Waals surface area contributed by atoms with E-state index in [0.717, 1.165) is 0 Å². The number of piperidine rings is 1. The lowest BCUT2D eigenvalue weighted by molar-refractivity contribution is -0.150. The predicted molar refractivity (Wildman–Crippen MR) is 76.4 cm³/mol. The Hall–Kier alpha value is -2.09. The lowest BCUT2D eigenvalue weighted by Gasteiger charge is -2.41. The maximum atomic E-state index is 12.4. The van der Waals surface area contributed by atoms with Crippen LogP contribution in [-0.4, -0.2) is 76.1 Å². The zero-order valence-electron chi connectivity index (χ0n) is 12.3. The quantitative estimate of drug-likeness (QED) is 0.844. The van der Waals surface area contributed by atoms with Gasteiger partial charge in [0.2, 0.25) is 0 Å². The zero-order valence-corrected chi connectivity index (χ0v) is 12.3. The van der Waals surface area contributed by atoms with Crippen LogP contribution in [0, 0.1) is 0 Å². The molecular formula is C14H20N4O4. The summed E-state index contributed by atoms with van der Waals surface area (Å²) in [6.45, 7) is 3.15. The van der Waals surface area contributed by atoms with Crippen molar-refractivity contribution in [3.05, 3.63) is 18.5 Å². The number of amides is 2. The van der Waals surface area contributed by atoms with E-state index in [4.69, 9.17) is 4.74 Å². The van der Waals surface area contributed by atoms with Crippen molar-refractivity contribution in [2.45, 2.75) is 18.4 Å². The van der Waals surface area contributed by atoms with E-state index >= 15 is 0 Å². The van der Waals surface area contributed by atoms with Crippen molar-refractivity contribution in [2.24, 2.45) is 0 Å². The highest BCUT2D eigenvalue weighted by atomic mass is 16.5. The van der Waals surface area contributed by atoms with Gasteiger partial charge in [0, 0.05) is 51.4 Å². The number of likely N-dealkylation sites (tertiary alicyclic amines) is 1. The molecule has 0 unspecified atom stereocenters.